The normalized spacial score (nSPS) is 15.6. The highest BCUT2D eigenvalue weighted by molar-refractivity contribution is 7.12. The van der Waals surface area contributed by atoms with Gasteiger partial charge in [0.15, 0.2) is 6.61 Å². The number of esters is 1. The van der Waals surface area contributed by atoms with Gasteiger partial charge in [-0.05, 0) is 41.6 Å². The molecule has 1 aromatic heterocycles. The van der Waals surface area contributed by atoms with Crippen LogP contribution in [-0.2, 0) is 20.7 Å². The van der Waals surface area contributed by atoms with Crippen molar-refractivity contribution in [3.63, 3.8) is 0 Å². The van der Waals surface area contributed by atoms with E-state index in [2.05, 4.69) is 5.32 Å². The van der Waals surface area contributed by atoms with Crippen molar-refractivity contribution in [3.05, 3.63) is 51.2 Å². The summed E-state index contributed by atoms with van der Waals surface area (Å²) in [6.45, 7) is -0.349. The molecule has 2 amide bonds. The lowest BCUT2D eigenvalue weighted by Crippen LogP contribution is -2.36. The molecule has 3 rings (SSSR count). The molecule has 6 nitrogen and oxygen atoms in total. The summed E-state index contributed by atoms with van der Waals surface area (Å²) in [4.78, 5) is 36.0. The Labute approximate surface area is 152 Å². The van der Waals surface area contributed by atoms with Gasteiger partial charge in [-0.3, -0.25) is 19.7 Å². The number of imide groups is 1. The Morgan fingerprint density at radius 1 is 1.32 bits per heavy atom. The van der Waals surface area contributed by atoms with Gasteiger partial charge in [0, 0.05) is 5.02 Å². The molecule has 1 aliphatic rings. The molecule has 0 bridgehead atoms. The second-order valence-corrected chi connectivity index (χ2v) is 6.81. The number of rotatable bonds is 4. The second-order valence-electron chi connectivity index (χ2n) is 5.43. The number of thiophene rings is 1. The summed E-state index contributed by atoms with van der Waals surface area (Å²) in [6.07, 6.45) is 0.421. The molecule has 1 N–H and O–H groups in total. The second kappa shape index (κ2) is 7.67. The highest BCUT2D eigenvalue weighted by Crippen LogP contribution is 2.30. The van der Waals surface area contributed by atoms with Crippen molar-refractivity contribution in [2.75, 3.05) is 13.2 Å². The highest BCUT2D eigenvalue weighted by Gasteiger charge is 2.28. The number of carbonyl (C=O) groups excluding carboxylic acids is 3. The summed E-state index contributed by atoms with van der Waals surface area (Å²) >= 11 is 7.16. The molecule has 1 aliphatic heterocycles. The zero-order valence-corrected chi connectivity index (χ0v) is 14.6. The molecule has 0 saturated heterocycles. The number of nitrogens with one attached hydrogen (secondary N) is 1. The van der Waals surface area contributed by atoms with Crippen LogP contribution in [0.25, 0.3) is 0 Å². The average Bonchev–Trinajstić information content (AvgIpc) is 3.13. The van der Waals surface area contributed by atoms with Crippen LogP contribution in [0.3, 0.4) is 0 Å². The largest absolute Gasteiger partial charge is 0.492 e. The predicted octanol–water partition coefficient (Wildman–Crippen LogP) is 2.45. The number of benzene rings is 1. The third kappa shape index (κ3) is 4.37. The molecule has 1 atom stereocenters. The first-order valence-corrected chi connectivity index (χ1v) is 8.74. The van der Waals surface area contributed by atoms with E-state index in [0.717, 1.165) is 5.56 Å². The zero-order chi connectivity index (χ0) is 17.8. The number of fused-ring (bicyclic) bond motifs is 1. The summed E-state index contributed by atoms with van der Waals surface area (Å²) in [5.41, 5.74) is 0.818. The van der Waals surface area contributed by atoms with E-state index in [9.17, 15) is 14.4 Å². The Morgan fingerprint density at radius 3 is 2.92 bits per heavy atom. The molecule has 0 aliphatic carbocycles. The maximum absolute atomic E-state index is 12.1. The van der Waals surface area contributed by atoms with Crippen LogP contribution in [0.4, 0.5) is 0 Å². The average molecular weight is 380 g/mol. The monoisotopic (exact) mass is 379 g/mol. The number of amides is 2. The van der Waals surface area contributed by atoms with Crippen LogP contribution < -0.4 is 10.1 Å². The third-order valence-corrected chi connectivity index (χ3v) is 4.71. The molecule has 0 saturated carbocycles. The quantitative estimate of drug-likeness (QED) is 0.825. The van der Waals surface area contributed by atoms with Gasteiger partial charge in [-0.15, -0.1) is 11.3 Å². The number of ether oxygens (including phenoxy) is 2. The maximum atomic E-state index is 12.1. The first kappa shape index (κ1) is 17.4. The highest BCUT2D eigenvalue weighted by atomic mass is 35.5. The summed E-state index contributed by atoms with van der Waals surface area (Å²) in [5.74, 6) is -1.57. The zero-order valence-electron chi connectivity index (χ0n) is 13.0. The Kier molecular flexibility index (Phi) is 5.35. The lowest BCUT2D eigenvalue weighted by Gasteiger charge is -2.24. The van der Waals surface area contributed by atoms with E-state index >= 15 is 0 Å². The van der Waals surface area contributed by atoms with Gasteiger partial charge in [0.05, 0.1) is 10.8 Å². The molecule has 0 unspecified atom stereocenters. The Bertz CT molecular complexity index is 805. The fraction of sp³-hybridized carbons (Fsp3) is 0.235. The molecule has 130 valence electrons. The van der Waals surface area contributed by atoms with Gasteiger partial charge in [-0.25, -0.2) is 0 Å². The molecular weight excluding hydrogens is 366 g/mol. The molecule has 0 radical (unpaired) electrons. The predicted molar refractivity (Wildman–Crippen MR) is 91.9 cm³/mol. The van der Waals surface area contributed by atoms with Crippen LogP contribution in [0.15, 0.2) is 35.7 Å². The SMILES string of the molecule is O=C(COC(=O)[C@H]1COc2ccc(Cl)cc2C1)NC(=O)c1cccs1. The molecule has 0 spiro atoms. The van der Waals surface area contributed by atoms with Crippen molar-refractivity contribution in [2.45, 2.75) is 6.42 Å². The lowest BCUT2D eigenvalue weighted by atomic mass is 9.97. The first-order chi connectivity index (χ1) is 12.0. The lowest BCUT2D eigenvalue weighted by molar-refractivity contribution is -0.153. The van der Waals surface area contributed by atoms with E-state index in [-0.39, 0.29) is 6.61 Å². The third-order valence-electron chi connectivity index (χ3n) is 3.61. The van der Waals surface area contributed by atoms with E-state index in [1.165, 1.54) is 11.3 Å². The van der Waals surface area contributed by atoms with E-state index in [0.29, 0.717) is 22.1 Å². The topological polar surface area (TPSA) is 81.7 Å². The number of hydrogen-bond donors (Lipinski definition) is 1. The minimum Gasteiger partial charge on any atom is -0.492 e. The van der Waals surface area contributed by atoms with Crippen molar-refractivity contribution in [3.8, 4) is 5.75 Å². The van der Waals surface area contributed by atoms with Crippen molar-refractivity contribution < 1.29 is 23.9 Å². The molecule has 0 fully saturated rings. The molecular formula is C17H14ClNO5S. The van der Waals surface area contributed by atoms with Gasteiger partial charge >= 0.3 is 5.97 Å². The molecule has 1 aromatic carbocycles. The minimum atomic E-state index is -0.674. The van der Waals surface area contributed by atoms with Crippen LogP contribution in [0.2, 0.25) is 5.02 Å². The Hall–Kier alpha value is -2.38. The van der Waals surface area contributed by atoms with Crippen molar-refractivity contribution in [1.82, 2.24) is 5.32 Å². The Balaban J connectivity index is 1.49. The van der Waals surface area contributed by atoms with E-state index in [4.69, 9.17) is 21.1 Å². The van der Waals surface area contributed by atoms with E-state index in [1.54, 1.807) is 35.7 Å². The Morgan fingerprint density at radius 2 is 2.16 bits per heavy atom. The van der Waals surface area contributed by atoms with Gasteiger partial charge in [-0.1, -0.05) is 17.7 Å². The van der Waals surface area contributed by atoms with Crippen LogP contribution in [-0.4, -0.2) is 31.0 Å². The minimum absolute atomic E-state index is 0.170. The number of hydrogen-bond acceptors (Lipinski definition) is 6. The molecule has 8 heteroatoms. The van der Waals surface area contributed by atoms with Gasteiger partial charge in [0.1, 0.15) is 12.4 Å². The summed E-state index contributed by atoms with van der Waals surface area (Å²) in [5, 5.41) is 4.46. The van der Waals surface area contributed by atoms with Crippen LogP contribution in [0, 0.1) is 5.92 Å². The fourth-order valence-electron chi connectivity index (χ4n) is 2.40. The van der Waals surface area contributed by atoms with Crippen LogP contribution in [0.1, 0.15) is 15.2 Å². The van der Waals surface area contributed by atoms with Crippen LogP contribution in [0.5, 0.6) is 5.75 Å². The van der Waals surface area contributed by atoms with E-state index in [1.807, 2.05) is 0 Å². The summed E-state index contributed by atoms with van der Waals surface area (Å²) < 4.78 is 10.5. The fourth-order valence-corrected chi connectivity index (χ4v) is 3.21. The summed E-state index contributed by atoms with van der Waals surface area (Å²) in [6, 6.07) is 8.51. The molecule has 2 heterocycles. The van der Waals surface area contributed by atoms with Crippen LogP contribution >= 0.6 is 22.9 Å². The number of carbonyl (C=O) groups is 3. The van der Waals surface area contributed by atoms with Gasteiger partial charge in [0.2, 0.25) is 0 Å². The molecule has 2 aromatic rings. The first-order valence-electron chi connectivity index (χ1n) is 7.48. The maximum Gasteiger partial charge on any atom is 0.313 e. The summed E-state index contributed by atoms with van der Waals surface area (Å²) in [7, 11) is 0. The smallest absolute Gasteiger partial charge is 0.313 e. The van der Waals surface area contributed by atoms with Crippen molar-refractivity contribution in [2.24, 2.45) is 5.92 Å². The van der Waals surface area contributed by atoms with Gasteiger partial charge < -0.3 is 9.47 Å². The van der Waals surface area contributed by atoms with Gasteiger partial charge in [0.25, 0.3) is 11.8 Å². The standard InChI is InChI=1S/C17H14ClNO5S/c18-12-3-4-13-10(7-12)6-11(8-23-13)17(22)24-9-15(20)19-16(21)14-2-1-5-25-14/h1-5,7,11H,6,8-9H2,(H,19,20,21)/t11-/m1/s1. The van der Waals surface area contributed by atoms with E-state index < -0.39 is 30.3 Å². The number of halogens is 1. The van der Waals surface area contributed by atoms with Gasteiger partial charge in [-0.2, -0.15) is 0 Å². The van der Waals surface area contributed by atoms with Crippen molar-refractivity contribution >= 4 is 40.7 Å². The molecule has 25 heavy (non-hydrogen) atoms. The van der Waals surface area contributed by atoms with Crippen molar-refractivity contribution in [1.29, 1.82) is 0 Å².